The molecular formula is C14H8ClF3O3. The summed E-state index contributed by atoms with van der Waals surface area (Å²) in [4.78, 5) is 10.8. The molecular weight excluding hydrogens is 309 g/mol. The highest BCUT2D eigenvalue weighted by Gasteiger charge is 2.31. The Morgan fingerprint density at radius 2 is 1.86 bits per heavy atom. The summed E-state index contributed by atoms with van der Waals surface area (Å²) < 4.78 is 40.4. The van der Waals surface area contributed by atoms with E-state index < -0.39 is 12.3 Å². The fourth-order valence-corrected chi connectivity index (χ4v) is 2.03. The number of hydrogen-bond acceptors (Lipinski definition) is 2. The first-order valence-corrected chi connectivity index (χ1v) is 6.03. The van der Waals surface area contributed by atoms with Crippen LogP contribution in [0.4, 0.5) is 13.2 Å². The van der Waals surface area contributed by atoms with Gasteiger partial charge in [0.25, 0.3) is 0 Å². The van der Waals surface area contributed by atoms with Crippen LogP contribution in [0, 0.1) is 0 Å². The highest BCUT2D eigenvalue weighted by atomic mass is 35.5. The molecule has 0 amide bonds. The number of carboxylic acids is 1. The lowest BCUT2D eigenvalue weighted by Gasteiger charge is -2.11. The van der Waals surface area contributed by atoms with Crippen molar-refractivity contribution in [2.45, 2.75) is 6.36 Å². The molecule has 2 aromatic rings. The van der Waals surface area contributed by atoms with E-state index in [1.165, 1.54) is 30.3 Å². The fourth-order valence-electron chi connectivity index (χ4n) is 1.74. The maximum atomic E-state index is 12.2. The first kappa shape index (κ1) is 15.2. The van der Waals surface area contributed by atoms with Crippen molar-refractivity contribution in [3.05, 3.63) is 53.1 Å². The van der Waals surface area contributed by atoms with Crippen molar-refractivity contribution in [2.24, 2.45) is 0 Å². The van der Waals surface area contributed by atoms with E-state index in [1.54, 1.807) is 6.07 Å². The first-order chi connectivity index (χ1) is 9.76. The van der Waals surface area contributed by atoms with Crippen LogP contribution in [0.2, 0.25) is 5.02 Å². The second-order valence-electron chi connectivity index (χ2n) is 4.08. The maximum absolute atomic E-state index is 12.2. The van der Waals surface area contributed by atoms with Gasteiger partial charge in [0, 0.05) is 10.6 Å². The van der Waals surface area contributed by atoms with Crippen molar-refractivity contribution in [3.63, 3.8) is 0 Å². The predicted octanol–water partition coefficient (Wildman–Crippen LogP) is 4.60. The number of carbonyl (C=O) groups is 1. The molecule has 0 fully saturated rings. The Morgan fingerprint density at radius 3 is 2.43 bits per heavy atom. The average molecular weight is 317 g/mol. The van der Waals surface area contributed by atoms with Gasteiger partial charge in [-0.15, -0.1) is 13.2 Å². The normalized spacial score (nSPS) is 11.2. The number of rotatable bonds is 3. The number of ether oxygens (including phenoxy) is 1. The summed E-state index contributed by atoms with van der Waals surface area (Å²) in [5.74, 6) is -1.52. The molecule has 0 radical (unpaired) electrons. The van der Waals surface area contributed by atoms with Crippen LogP contribution in [0.25, 0.3) is 11.1 Å². The molecule has 0 aliphatic heterocycles. The minimum atomic E-state index is -4.78. The SMILES string of the molecule is O=C(O)c1ccc(-c2cccc(OC(F)(F)F)c2)c(Cl)c1. The topological polar surface area (TPSA) is 46.5 Å². The predicted molar refractivity (Wildman–Crippen MR) is 70.5 cm³/mol. The van der Waals surface area contributed by atoms with Crippen LogP contribution in [0.5, 0.6) is 5.75 Å². The van der Waals surface area contributed by atoms with E-state index in [-0.39, 0.29) is 16.3 Å². The molecule has 0 bridgehead atoms. The third-order valence-corrected chi connectivity index (χ3v) is 2.91. The minimum absolute atomic E-state index is 0.00792. The van der Waals surface area contributed by atoms with Crippen molar-refractivity contribution >= 4 is 17.6 Å². The summed E-state index contributed by atoms with van der Waals surface area (Å²) in [5.41, 5.74) is 0.791. The molecule has 0 aromatic heterocycles. The minimum Gasteiger partial charge on any atom is -0.478 e. The number of aromatic carboxylic acids is 1. The van der Waals surface area contributed by atoms with Gasteiger partial charge in [0.05, 0.1) is 5.56 Å². The largest absolute Gasteiger partial charge is 0.573 e. The molecule has 7 heteroatoms. The zero-order chi connectivity index (χ0) is 15.6. The van der Waals surface area contributed by atoms with Crippen molar-refractivity contribution in [1.82, 2.24) is 0 Å². The zero-order valence-electron chi connectivity index (χ0n) is 10.3. The van der Waals surface area contributed by atoms with Gasteiger partial charge in [-0.05, 0) is 29.8 Å². The summed E-state index contributed by atoms with van der Waals surface area (Å²) in [6.07, 6.45) is -4.78. The van der Waals surface area contributed by atoms with Gasteiger partial charge in [-0.3, -0.25) is 0 Å². The molecule has 21 heavy (non-hydrogen) atoms. The number of carboxylic acid groups (broad SMARTS) is 1. The Hall–Kier alpha value is -2.21. The van der Waals surface area contributed by atoms with E-state index in [9.17, 15) is 18.0 Å². The molecule has 3 nitrogen and oxygen atoms in total. The van der Waals surface area contributed by atoms with Crippen LogP contribution in [-0.4, -0.2) is 17.4 Å². The Bertz CT molecular complexity index is 683. The second kappa shape index (κ2) is 5.65. The third kappa shape index (κ3) is 3.88. The van der Waals surface area contributed by atoms with E-state index in [0.29, 0.717) is 11.1 Å². The molecule has 0 saturated carbocycles. The molecule has 0 unspecified atom stereocenters. The van der Waals surface area contributed by atoms with Crippen LogP contribution in [0.3, 0.4) is 0 Å². The second-order valence-corrected chi connectivity index (χ2v) is 4.48. The number of alkyl halides is 3. The summed E-state index contributed by atoms with van der Waals surface area (Å²) in [6.45, 7) is 0. The van der Waals surface area contributed by atoms with Crippen molar-refractivity contribution < 1.29 is 27.8 Å². The molecule has 0 saturated heterocycles. The van der Waals surface area contributed by atoms with Gasteiger partial charge in [-0.25, -0.2) is 4.79 Å². The number of hydrogen-bond donors (Lipinski definition) is 1. The van der Waals surface area contributed by atoms with E-state index in [0.717, 1.165) is 6.07 Å². The molecule has 1 N–H and O–H groups in total. The van der Waals surface area contributed by atoms with Gasteiger partial charge in [0.15, 0.2) is 0 Å². The van der Waals surface area contributed by atoms with Crippen molar-refractivity contribution in [3.8, 4) is 16.9 Å². The Balaban J connectivity index is 2.38. The Morgan fingerprint density at radius 1 is 1.14 bits per heavy atom. The van der Waals surface area contributed by atoms with Crippen LogP contribution in [0.1, 0.15) is 10.4 Å². The standard InChI is InChI=1S/C14H8ClF3O3/c15-12-7-9(13(19)20)4-5-11(12)8-2-1-3-10(6-8)21-14(16,17)18/h1-7H,(H,19,20). The van der Waals surface area contributed by atoms with E-state index >= 15 is 0 Å². The monoisotopic (exact) mass is 316 g/mol. The van der Waals surface area contributed by atoms with Gasteiger partial charge in [-0.2, -0.15) is 0 Å². The fraction of sp³-hybridized carbons (Fsp3) is 0.0714. The highest BCUT2D eigenvalue weighted by Crippen LogP contribution is 2.32. The Kier molecular flexibility index (Phi) is 4.09. The van der Waals surface area contributed by atoms with Gasteiger partial charge in [0.2, 0.25) is 0 Å². The smallest absolute Gasteiger partial charge is 0.478 e. The van der Waals surface area contributed by atoms with Gasteiger partial charge in [-0.1, -0.05) is 29.8 Å². The van der Waals surface area contributed by atoms with Gasteiger partial charge >= 0.3 is 12.3 Å². The third-order valence-electron chi connectivity index (χ3n) is 2.59. The van der Waals surface area contributed by atoms with Gasteiger partial charge < -0.3 is 9.84 Å². The summed E-state index contributed by atoms with van der Waals surface area (Å²) >= 11 is 5.97. The maximum Gasteiger partial charge on any atom is 0.573 e. The van der Waals surface area contributed by atoms with Crippen LogP contribution < -0.4 is 4.74 Å². The lowest BCUT2D eigenvalue weighted by molar-refractivity contribution is -0.274. The molecule has 2 rings (SSSR count). The molecule has 110 valence electrons. The van der Waals surface area contributed by atoms with Crippen LogP contribution in [0.15, 0.2) is 42.5 Å². The highest BCUT2D eigenvalue weighted by molar-refractivity contribution is 6.33. The number of benzene rings is 2. The average Bonchev–Trinajstić information content (AvgIpc) is 2.36. The van der Waals surface area contributed by atoms with Crippen molar-refractivity contribution in [1.29, 1.82) is 0 Å². The van der Waals surface area contributed by atoms with E-state index in [4.69, 9.17) is 16.7 Å². The van der Waals surface area contributed by atoms with Gasteiger partial charge in [0.1, 0.15) is 5.75 Å². The summed E-state index contributed by atoms with van der Waals surface area (Å²) in [5, 5.41) is 8.96. The lowest BCUT2D eigenvalue weighted by atomic mass is 10.0. The van der Waals surface area contributed by atoms with E-state index in [1.807, 2.05) is 0 Å². The Labute approximate surface area is 122 Å². The lowest BCUT2D eigenvalue weighted by Crippen LogP contribution is -2.17. The molecule has 2 aromatic carbocycles. The number of halogens is 4. The van der Waals surface area contributed by atoms with Crippen LogP contribution in [-0.2, 0) is 0 Å². The molecule has 0 atom stereocenters. The molecule has 0 aliphatic carbocycles. The summed E-state index contributed by atoms with van der Waals surface area (Å²) in [7, 11) is 0. The summed E-state index contributed by atoms with van der Waals surface area (Å²) in [6, 6.07) is 9.25. The van der Waals surface area contributed by atoms with Crippen molar-refractivity contribution in [2.75, 3.05) is 0 Å². The zero-order valence-corrected chi connectivity index (χ0v) is 11.1. The van der Waals surface area contributed by atoms with E-state index in [2.05, 4.69) is 4.74 Å². The molecule has 0 aliphatic rings. The molecule has 0 spiro atoms. The first-order valence-electron chi connectivity index (χ1n) is 5.65. The van der Waals surface area contributed by atoms with Crippen LogP contribution >= 0.6 is 11.6 Å². The molecule has 0 heterocycles. The quantitative estimate of drug-likeness (QED) is 0.900.